The van der Waals surface area contributed by atoms with Gasteiger partial charge in [0.2, 0.25) is 0 Å². The number of thiophene rings is 2. The van der Waals surface area contributed by atoms with Crippen molar-refractivity contribution in [2.75, 3.05) is 13.1 Å². The van der Waals surface area contributed by atoms with Crippen molar-refractivity contribution in [3.8, 4) is 0 Å². The molecule has 1 aliphatic heterocycles. The molecule has 2 aromatic heterocycles. The number of carbonyl (C=O) groups excluding carboxylic acids is 3. The monoisotopic (exact) mass is 374 g/mol. The van der Waals surface area contributed by atoms with E-state index in [1.807, 2.05) is 24.3 Å². The molecule has 4 rings (SSSR count). The highest BCUT2D eigenvalue weighted by Gasteiger charge is 2.32. The first kappa shape index (κ1) is 16.0. The third-order valence-electron chi connectivity index (χ3n) is 4.01. The highest BCUT2D eigenvalue weighted by molar-refractivity contribution is 7.33. The van der Waals surface area contributed by atoms with Gasteiger partial charge in [-0.15, -0.1) is 22.7 Å². The van der Waals surface area contributed by atoms with Crippen LogP contribution < -0.4 is 5.32 Å². The minimum Gasteiger partial charge on any atom is -0.448 e. The number of hydrogen-bond acceptors (Lipinski definition) is 6. The van der Waals surface area contributed by atoms with Crippen LogP contribution in [0, 0.1) is 0 Å². The smallest absolute Gasteiger partial charge is 0.349 e. The number of imide groups is 1. The summed E-state index contributed by atoms with van der Waals surface area (Å²) < 4.78 is 8.52. The maximum atomic E-state index is 12.4. The Hall–Kier alpha value is -2.45. The van der Waals surface area contributed by atoms with Crippen LogP contribution >= 0.6 is 22.7 Å². The molecule has 6 nitrogen and oxygen atoms in total. The molecule has 3 aromatic rings. The number of hydrogen-bond donors (Lipinski definition) is 1. The van der Waals surface area contributed by atoms with Crippen molar-refractivity contribution < 1.29 is 19.1 Å². The molecule has 1 atom stereocenters. The molecule has 1 aromatic carbocycles. The Morgan fingerprint density at radius 2 is 2.04 bits per heavy atom. The molecule has 0 aliphatic carbocycles. The second-order valence-corrected chi connectivity index (χ2v) is 7.81. The number of nitrogens with one attached hydrogen (secondary N) is 1. The zero-order chi connectivity index (χ0) is 17.6. The Labute approximate surface area is 151 Å². The third-order valence-corrected chi connectivity index (χ3v) is 6.40. The van der Waals surface area contributed by atoms with Gasteiger partial charge in [0.05, 0.1) is 4.70 Å². The Morgan fingerprint density at radius 1 is 1.24 bits per heavy atom. The molecule has 3 heterocycles. The van der Waals surface area contributed by atoms with Gasteiger partial charge >= 0.3 is 12.0 Å². The molecule has 1 N–H and O–H groups in total. The number of urea groups is 1. The van der Waals surface area contributed by atoms with Gasteiger partial charge in [0.1, 0.15) is 4.88 Å². The van der Waals surface area contributed by atoms with E-state index in [2.05, 4.69) is 5.32 Å². The van der Waals surface area contributed by atoms with E-state index in [0.29, 0.717) is 18.0 Å². The summed E-state index contributed by atoms with van der Waals surface area (Å²) in [6.07, 6.45) is -1.01. The molecule has 8 heteroatoms. The van der Waals surface area contributed by atoms with Gasteiger partial charge in [0, 0.05) is 27.9 Å². The Balaban J connectivity index is 1.53. The van der Waals surface area contributed by atoms with Gasteiger partial charge in [-0.25, -0.2) is 9.59 Å². The van der Waals surface area contributed by atoms with E-state index in [0.717, 1.165) is 19.7 Å². The van der Waals surface area contributed by atoms with Crippen LogP contribution in [0.3, 0.4) is 0 Å². The van der Waals surface area contributed by atoms with E-state index in [1.165, 1.54) is 23.0 Å². The van der Waals surface area contributed by atoms with Crippen molar-refractivity contribution in [2.45, 2.75) is 13.0 Å². The normalized spacial score (nSPS) is 15.6. The molecule has 0 spiro atoms. The van der Waals surface area contributed by atoms with Crippen LogP contribution in [0.1, 0.15) is 16.6 Å². The molecule has 0 saturated carbocycles. The van der Waals surface area contributed by atoms with Gasteiger partial charge in [-0.1, -0.05) is 18.2 Å². The molecule has 3 amide bonds. The van der Waals surface area contributed by atoms with Crippen LogP contribution in [-0.4, -0.2) is 42.0 Å². The average Bonchev–Trinajstić information content (AvgIpc) is 3.27. The van der Waals surface area contributed by atoms with Crippen LogP contribution in [0.4, 0.5) is 4.79 Å². The van der Waals surface area contributed by atoms with Gasteiger partial charge in [-0.2, -0.15) is 0 Å². The van der Waals surface area contributed by atoms with E-state index >= 15 is 0 Å². The second kappa shape index (κ2) is 6.12. The Morgan fingerprint density at radius 3 is 2.80 bits per heavy atom. The van der Waals surface area contributed by atoms with Crippen molar-refractivity contribution in [2.24, 2.45) is 0 Å². The Bertz CT molecular complexity index is 1010. The molecular formula is C17H14N2O4S2. The van der Waals surface area contributed by atoms with Crippen LogP contribution in [0.2, 0.25) is 0 Å². The van der Waals surface area contributed by atoms with Crippen LogP contribution in [0.15, 0.2) is 30.3 Å². The number of ether oxygens (including phenoxy) is 1. The zero-order valence-electron chi connectivity index (χ0n) is 13.3. The van der Waals surface area contributed by atoms with Crippen molar-refractivity contribution in [1.29, 1.82) is 0 Å². The summed E-state index contributed by atoms with van der Waals surface area (Å²) in [4.78, 5) is 37.7. The van der Waals surface area contributed by atoms with Crippen molar-refractivity contribution in [1.82, 2.24) is 10.2 Å². The fraction of sp³-hybridized carbons (Fsp3) is 0.235. The molecule has 0 unspecified atom stereocenters. The van der Waals surface area contributed by atoms with Crippen LogP contribution in [-0.2, 0) is 9.53 Å². The summed E-state index contributed by atoms with van der Waals surface area (Å²) in [6, 6.07) is 9.38. The zero-order valence-corrected chi connectivity index (χ0v) is 14.9. The lowest BCUT2D eigenvalue weighted by Crippen LogP contribution is -2.41. The minimum absolute atomic E-state index is 0.292. The van der Waals surface area contributed by atoms with Crippen molar-refractivity contribution in [3.05, 3.63) is 35.2 Å². The SMILES string of the molecule is C[C@H](OC(=O)c1cc2sc3ccccc3c2s1)C(=O)N1CCNC1=O. The van der Waals surface area contributed by atoms with Gasteiger partial charge < -0.3 is 10.1 Å². The molecule has 1 fully saturated rings. The number of amides is 3. The quantitative estimate of drug-likeness (QED) is 0.714. The van der Waals surface area contributed by atoms with E-state index in [-0.39, 0.29) is 0 Å². The minimum atomic E-state index is -1.01. The summed E-state index contributed by atoms with van der Waals surface area (Å²) in [5.74, 6) is -1.05. The number of carbonyl (C=O) groups is 3. The lowest BCUT2D eigenvalue weighted by Gasteiger charge is -2.17. The van der Waals surface area contributed by atoms with E-state index in [4.69, 9.17) is 4.74 Å². The Kier molecular flexibility index (Phi) is 3.93. The number of nitrogens with zero attached hydrogens (tertiary/aromatic N) is 1. The molecule has 0 bridgehead atoms. The largest absolute Gasteiger partial charge is 0.448 e. The molecule has 128 valence electrons. The van der Waals surface area contributed by atoms with Gasteiger partial charge in [-0.3, -0.25) is 9.69 Å². The number of fused-ring (bicyclic) bond motifs is 3. The lowest BCUT2D eigenvalue weighted by molar-refractivity contribution is -0.135. The van der Waals surface area contributed by atoms with Crippen molar-refractivity contribution in [3.63, 3.8) is 0 Å². The van der Waals surface area contributed by atoms with Gasteiger partial charge in [-0.05, 0) is 19.1 Å². The fourth-order valence-electron chi connectivity index (χ4n) is 2.77. The second-order valence-electron chi connectivity index (χ2n) is 5.67. The number of benzene rings is 1. The van der Waals surface area contributed by atoms with Gasteiger partial charge in [0.15, 0.2) is 6.10 Å². The molecular weight excluding hydrogens is 360 g/mol. The van der Waals surface area contributed by atoms with E-state index in [1.54, 1.807) is 17.4 Å². The maximum absolute atomic E-state index is 12.4. The summed E-state index contributed by atoms with van der Waals surface area (Å²) in [5, 5.41) is 3.67. The number of esters is 1. The summed E-state index contributed by atoms with van der Waals surface area (Å²) in [6.45, 7) is 2.19. The average molecular weight is 374 g/mol. The molecule has 0 radical (unpaired) electrons. The topological polar surface area (TPSA) is 75.7 Å². The van der Waals surface area contributed by atoms with Crippen LogP contribution in [0.25, 0.3) is 19.5 Å². The lowest BCUT2D eigenvalue weighted by atomic mass is 10.2. The fourth-order valence-corrected chi connectivity index (χ4v) is 5.18. The van der Waals surface area contributed by atoms with E-state index in [9.17, 15) is 14.4 Å². The first-order chi connectivity index (χ1) is 12.0. The third kappa shape index (κ3) is 2.77. The highest BCUT2D eigenvalue weighted by atomic mass is 32.1. The first-order valence-electron chi connectivity index (χ1n) is 7.76. The maximum Gasteiger partial charge on any atom is 0.349 e. The van der Waals surface area contributed by atoms with E-state index < -0.39 is 24.0 Å². The molecule has 1 saturated heterocycles. The standard InChI is InChI=1S/C17H14N2O4S2/c1-9(15(20)19-7-6-18-17(19)22)23-16(21)13-8-12-14(25-13)10-4-2-3-5-11(10)24-12/h2-5,8-9H,6-7H2,1H3,(H,18,22)/t9-/m0/s1. The van der Waals surface area contributed by atoms with Crippen LogP contribution in [0.5, 0.6) is 0 Å². The summed E-state index contributed by atoms with van der Waals surface area (Å²) >= 11 is 2.98. The predicted octanol–water partition coefficient (Wildman–Crippen LogP) is 3.21. The number of rotatable bonds is 3. The highest BCUT2D eigenvalue weighted by Crippen LogP contribution is 2.39. The molecule has 25 heavy (non-hydrogen) atoms. The summed E-state index contributed by atoms with van der Waals surface area (Å²) in [5.41, 5.74) is 0. The predicted molar refractivity (Wildman–Crippen MR) is 97.2 cm³/mol. The van der Waals surface area contributed by atoms with Crippen molar-refractivity contribution >= 4 is 60.1 Å². The summed E-state index contributed by atoms with van der Waals surface area (Å²) in [7, 11) is 0. The first-order valence-corrected chi connectivity index (χ1v) is 9.39. The van der Waals surface area contributed by atoms with Gasteiger partial charge in [0.25, 0.3) is 5.91 Å². The molecule has 1 aliphatic rings.